The second-order valence-electron chi connectivity index (χ2n) is 13.6. The van der Waals surface area contributed by atoms with Gasteiger partial charge in [-0.3, -0.25) is 4.55 Å². The van der Waals surface area contributed by atoms with E-state index in [0.29, 0.717) is 11.8 Å². The maximum absolute atomic E-state index is 12.5. The van der Waals surface area contributed by atoms with Crippen LogP contribution in [0.2, 0.25) is 0 Å². The van der Waals surface area contributed by atoms with Crippen LogP contribution in [0, 0.1) is 0 Å². The molecule has 4 heteroatoms. The molecule has 0 aromatic heterocycles. The van der Waals surface area contributed by atoms with Gasteiger partial charge in [0.2, 0.25) is 0 Å². The molecule has 0 bridgehead atoms. The Hall–Kier alpha value is -1.39. The summed E-state index contributed by atoms with van der Waals surface area (Å²) in [6, 6.07) is 10.1. The molecule has 1 N–H and O–H groups in total. The molecule has 0 aliphatic rings. The Morgan fingerprint density at radius 1 is 0.477 bits per heavy atom. The van der Waals surface area contributed by atoms with Crippen molar-refractivity contribution in [3.8, 4) is 0 Å². The maximum atomic E-state index is 12.5. The number of hydrogen-bond acceptors (Lipinski definition) is 2. The van der Waals surface area contributed by atoms with Gasteiger partial charge in [-0.25, -0.2) is 0 Å². The van der Waals surface area contributed by atoms with Crippen molar-refractivity contribution in [1.82, 2.24) is 0 Å². The summed E-state index contributed by atoms with van der Waals surface area (Å²) in [5.74, 6) is 0. The molecular weight excluding hydrogens is 561 g/mol. The van der Waals surface area contributed by atoms with Crippen molar-refractivity contribution in [3.05, 3.63) is 41.5 Å². The SMILES string of the molecule is CCCCCCCCCCCCCCCc1ccc2c(S(=O)(=O)O)c(CCCCCCCCCCCCCCC)ccc2c1. The van der Waals surface area contributed by atoms with Gasteiger partial charge in [0, 0.05) is 5.39 Å². The van der Waals surface area contributed by atoms with E-state index in [9.17, 15) is 13.0 Å². The molecule has 0 saturated heterocycles. The summed E-state index contributed by atoms with van der Waals surface area (Å²) in [4.78, 5) is 0.126. The van der Waals surface area contributed by atoms with Crippen LogP contribution in [0.15, 0.2) is 35.2 Å². The minimum absolute atomic E-state index is 0.126. The molecule has 0 amide bonds. The fourth-order valence-corrected chi connectivity index (χ4v) is 7.70. The van der Waals surface area contributed by atoms with Gasteiger partial charge >= 0.3 is 0 Å². The first-order valence-electron chi connectivity index (χ1n) is 19.0. The number of rotatable bonds is 29. The largest absolute Gasteiger partial charge is 0.295 e. The lowest BCUT2D eigenvalue weighted by molar-refractivity contribution is 0.482. The molecule has 0 unspecified atom stereocenters. The Balaban J connectivity index is 1.67. The average Bonchev–Trinajstić information content (AvgIpc) is 3.01. The first kappa shape index (κ1) is 38.8. The van der Waals surface area contributed by atoms with Crippen LogP contribution < -0.4 is 0 Å². The van der Waals surface area contributed by atoms with E-state index >= 15 is 0 Å². The Morgan fingerprint density at radius 2 is 0.864 bits per heavy atom. The molecule has 0 heterocycles. The second-order valence-corrected chi connectivity index (χ2v) is 14.9. The van der Waals surface area contributed by atoms with E-state index in [4.69, 9.17) is 0 Å². The molecular formula is C40H68O3S. The molecule has 0 aliphatic carbocycles. The van der Waals surface area contributed by atoms with Crippen LogP contribution in [-0.2, 0) is 23.0 Å². The van der Waals surface area contributed by atoms with E-state index in [1.54, 1.807) is 0 Å². The summed E-state index contributed by atoms with van der Waals surface area (Å²) in [6.45, 7) is 4.55. The van der Waals surface area contributed by atoms with Crippen LogP contribution in [0.3, 0.4) is 0 Å². The standard InChI is InChI=1S/C40H68O3S/c1-3-5-7-9-11-13-15-17-19-21-23-25-27-29-36-31-34-39-38(35-36)33-32-37(40(39)44(41,42)43)30-28-26-24-22-20-18-16-14-12-10-8-6-4-2/h31-35H,3-30H2,1-2H3,(H,41,42,43). The minimum Gasteiger partial charge on any atom is -0.282 e. The van der Waals surface area contributed by atoms with E-state index in [-0.39, 0.29) is 4.90 Å². The molecule has 0 spiro atoms. The van der Waals surface area contributed by atoms with Crippen LogP contribution in [0.5, 0.6) is 0 Å². The highest BCUT2D eigenvalue weighted by Gasteiger charge is 2.19. The Morgan fingerprint density at radius 3 is 1.27 bits per heavy atom. The first-order valence-corrected chi connectivity index (χ1v) is 20.4. The number of unbranched alkanes of at least 4 members (excludes halogenated alkanes) is 24. The maximum Gasteiger partial charge on any atom is 0.295 e. The van der Waals surface area contributed by atoms with Crippen LogP contribution in [0.4, 0.5) is 0 Å². The first-order chi connectivity index (χ1) is 21.5. The molecule has 44 heavy (non-hydrogen) atoms. The number of benzene rings is 2. The van der Waals surface area contributed by atoms with Crippen LogP contribution in [0.25, 0.3) is 10.8 Å². The summed E-state index contributed by atoms with van der Waals surface area (Å²) in [5.41, 5.74) is 2.01. The highest BCUT2D eigenvalue weighted by atomic mass is 32.2. The van der Waals surface area contributed by atoms with Crippen molar-refractivity contribution in [2.75, 3.05) is 0 Å². The molecule has 0 fully saturated rings. The predicted octanol–water partition coefficient (Wildman–Crippen LogP) is 13.4. The van der Waals surface area contributed by atoms with E-state index < -0.39 is 10.1 Å². The molecule has 2 aromatic rings. The van der Waals surface area contributed by atoms with Gasteiger partial charge in [-0.05, 0) is 42.2 Å². The lowest BCUT2D eigenvalue weighted by atomic mass is 9.98. The van der Waals surface area contributed by atoms with Gasteiger partial charge in [0.1, 0.15) is 4.90 Å². The van der Waals surface area contributed by atoms with Gasteiger partial charge in [-0.1, -0.05) is 198 Å². The third-order valence-corrected chi connectivity index (χ3v) is 10.5. The van der Waals surface area contributed by atoms with Crippen LogP contribution >= 0.6 is 0 Å². The van der Waals surface area contributed by atoms with Gasteiger partial charge in [0.25, 0.3) is 10.1 Å². The summed E-state index contributed by atoms with van der Waals surface area (Å²) in [5, 5.41) is 1.58. The van der Waals surface area contributed by atoms with E-state index in [2.05, 4.69) is 32.0 Å². The molecule has 2 aromatic carbocycles. The Kier molecular flexibility index (Phi) is 21.9. The van der Waals surface area contributed by atoms with Gasteiger partial charge in [-0.15, -0.1) is 0 Å². The summed E-state index contributed by atoms with van der Waals surface area (Å²) >= 11 is 0. The van der Waals surface area contributed by atoms with Crippen molar-refractivity contribution >= 4 is 20.9 Å². The van der Waals surface area contributed by atoms with Crippen molar-refractivity contribution in [1.29, 1.82) is 0 Å². The minimum atomic E-state index is -4.28. The Bertz CT molecular complexity index is 1090. The van der Waals surface area contributed by atoms with Crippen molar-refractivity contribution in [2.45, 2.75) is 199 Å². The van der Waals surface area contributed by atoms with Crippen molar-refractivity contribution < 1.29 is 13.0 Å². The average molecular weight is 629 g/mol. The third kappa shape index (κ3) is 17.3. The lowest BCUT2D eigenvalue weighted by Crippen LogP contribution is -2.05. The van der Waals surface area contributed by atoms with E-state index in [1.165, 1.54) is 160 Å². The van der Waals surface area contributed by atoms with Crippen molar-refractivity contribution in [3.63, 3.8) is 0 Å². The zero-order valence-corrected chi connectivity index (χ0v) is 29.7. The topological polar surface area (TPSA) is 54.4 Å². The Labute approximate surface area is 273 Å². The van der Waals surface area contributed by atoms with Gasteiger partial charge in [0.15, 0.2) is 0 Å². The second kappa shape index (κ2) is 24.8. The molecule has 3 nitrogen and oxygen atoms in total. The van der Waals surface area contributed by atoms with Gasteiger partial charge < -0.3 is 0 Å². The highest BCUT2D eigenvalue weighted by molar-refractivity contribution is 7.86. The molecule has 0 radical (unpaired) electrons. The zero-order valence-electron chi connectivity index (χ0n) is 28.9. The lowest BCUT2D eigenvalue weighted by Gasteiger charge is -2.12. The molecule has 2 rings (SSSR count). The molecule has 0 atom stereocenters. The monoisotopic (exact) mass is 628 g/mol. The van der Waals surface area contributed by atoms with E-state index in [0.717, 1.165) is 30.2 Å². The predicted molar refractivity (Wildman–Crippen MR) is 193 cm³/mol. The number of hydrogen-bond donors (Lipinski definition) is 1. The van der Waals surface area contributed by atoms with Gasteiger partial charge in [-0.2, -0.15) is 8.42 Å². The molecule has 0 saturated carbocycles. The van der Waals surface area contributed by atoms with Crippen molar-refractivity contribution in [2.24, 2.45) is 0 Å². The normalized spacial score (nSPS) is 12.0. The summed E-state index contributed by atoms with van der Waals surface area (Å²) < 4.78 is 35.1. The highest BCUT2D eigenvalue weighted by Crippen LogP contribution is 2.30. The van der Waals surface area contributed by atoms with Crippen LogP contribution in [0.1, 0.15) is 192 Å². The fourth-order valence-electron chi connectivity index (χ4n) is 6.73. The molecule has 0 aliphatic heterocycles. The summed E-state index contributed by atoms with van der Waals surface area (Å²) in [6.07, 6.45) is 36.1. The zero-order chi connectivity index (χ0) is 31.7. The third-order valence-electron chi connectivity index (χ3n) is 9.49. The number of fused-ring (bicyclic) bond motifs is 1. The quantitative estimate of drug-likeness (QED) is 0.0720. The fraction of sp³-hybridized carbons (Fsp3) is 0.750. The van der Waals surface area contributed by atoms with Crippen LogP contribution in [-0.4, -0.2) is 13.0 Å². The van der Waals surface area contributed by atoms with Gasteiger partial charge in [0.05, 0.1) is 0 Å². The summed E-state index contributed by atoms with van der Waals surface area (Å²) in [7, 11) is -4.28. The van der Waals surface area contributed by atoms with E-state index in [1.807, 2.05) is 12.1 Å². The molecule has 252 valence electrons. The number of aryl methyl sites for hydroxylation is 2. The smallest absolute Gasteiger partial charge is 0.282 e.